The van der Waals surface area contributed by atoms with Crippen molar-refractivity contribution in [3.8, 4) is 0 Å². The van der Waals surface area contributed by atoms with Gasteiger partial charge in [0.1, 0.15) is 0 Å². The molecule has 0 saturated heterocycles. The molecule has 0 bridgehead atoms. The van der Waals surface area contributed by atoms with Crippen LogP contribution in [-0.2, 0) is 0 Å². The van der Waals surface area contributed by atoms with E-state index in [0.717, 1.165) is 23.3 Å². The minimum absolute atomic E-state index is 0.176. The summed E-state index contributed by atoms with van der Waals surface area (Å²) in [5, 5.41) is 4.38. The standard InChI is InChI=1S/C20H24N2O/c1-14(2)12-19(17-8-6-5-7-9-17)21-22-20(23)18-11-10-15(3)16(4)13-18/h5-11,13-14H,12H2,1-4H3,(H,22,23)/b21-19+. The summed E-state index contributed by atoms with van der Waals surface area (Å²) in [6.45, 7) is 8.32. The number of nitrogens with zero attached hydrogens (tertiary/aromatic N) is 1. The lowest BCUT2D eigenvalue weighted by molar-refractivity contribution is 0.0954. The van der Waals surface area contributed by atoms with Crippen molar-refractivity contribution in [2.24, 2.45) is 11.0 Å². The van der Waals surface area contributed by atoms with E-state index in [1.807, 2.05) is 62.4 Å². The summed E-state index contributed by atoms with van der Waals surface area (Å²) in [5.41, 5.74) is 7.56. The maximum atomic E-state index is 12.3. The highest BCUT2D eigenvalue weighted by molar-refractivity contribution is 6.02. The molecule has 0 saturated carbocycles. The largest absolute Gasteiger partial charge is 0.271 e. The van der Waals surface area contributed by atoms with Crippen LogP contribution in [0.1, 0.15) is 47.3 Å². The van der Waals surface area contributed by atoms with Gasteiger partial charge in [0.05, 0.1) is 5.71 Å². The van der Waals surface area contributed by atoms with E-state index in [1.54, 1.807) is 0 Å². The number of hydrogen-bond donors (Lipinski definition) is 1. The molecule has 120 valence electrons. The van der Waals surface area contributed by atoms with E-state index in [9.17, 15) is 4.79 Å². The molecular formula is C20H24N2O. The van der Waals surface area contributed by atoms with Crippen LogP contribution in [0.5, 0.6) is 0 Å². The van der Waals surface area contributed by atoms with Crippen LogP contribution >= 0.6 is 0 Å². The van der Waals surface area contributed by atoms with Crippen molar-refractivity contribution in [2.75, 3.05) is 0 Å². The van der Waals surface area contributed by atoms with Crippen LogP contribution in [0.3, 0.4) is 0 Å². The molecule has 0 unspecified atom stereocenters. The number of rotatable bonds is 5. The summed E-state index contributed by atoms with van der Waals surface area (Å²) in [6, 6.07) is 15.7. The van der Waals surface area contributed by atoms with Crippen molar-refractivity contribution in [2.45, 2.75) is 34.1 Å². The van der Waals surface area contributed by atoms with E-state index >= 15 is 0 Å². The van der Waals surface area contributed by atoms with Crippen LogP contribution < -0.4 is 5.43 Å². The Bertz CT molecular complexity index is 703. The van der Waals surface area contributed by atoms with E-state index in [4.69, 9.17) is 0 Å². The van der Waals surface area contributed by atoms with Gasteiger partial charge in [-0.15, -0.1) is 0 Å². The highest BCUT2D eigenvalue weighted by Crippen LogP contribution is 2.12. The first kappa shape index (κ1) is 16.9. The van der Waals surface area contributed by atoms with Gasteiger partial charge in [0.15, 0.2) is 0 Å². The van der Waals surface area contributed by atoms with Gasteiger partial charge in [0, 0.05) is 5.56 Å². The van der Waals surface area contributed by atoms with E-state index in [1.165, 1.54) is 5.56 Å². The Labute approximate surface area is 138 Å². The summed E-state index contributed by atoms with van der Waals surface area (Å²) < 4.78 is 0. The van der Waals surface area contributed by atoms with Crippen LogP contribution in [0.15, 0.2) is 53.6 Å². The van der Waals surface area contributed by atoms with Gasteiger partial charge in [-0.25, -0.2) is 5.43 Å². The van der Waals surface area contributed by atoms with Crippen molar-refractivity contribution < 1.29 is 4.79 Å². The molecule has 3 heteroatoms. The van der Waals surface area contributed by atoms with Crippen molar-refractivity contribution >= 4 is 11.6 Å². The average Bonchev–Trinajstić information content (AvgIpc) is 2.54. The molecule has 0 radical (unpaired) electrons. The van der Waals surface area contributed by atoms with Gasteiger partial charge in [0.25, 0.3) is 5.91 Å². The first-order valence-electron chi connectivity index (χ1n) is 7.97. The Hall–Kier alpha value is -2.42. The van der Waals surface area contributed by atoms with Crippen molar-refractivity contribution in [1.29, 1.82) is 0 Å². The molecule has 1 N–H and O–H groups in total. The summed E-state index contributed by atoms with van der Waals surface area (Å²) >= 11 is 0. The van der Waals surface area contributed by atoms with E-state index in [-0.39, 0.29) is 5.91 Å². The zero-order valence-electron chi connectivity index (χ0n) is 14.3. The third-order valence-corrected chi connectivity index (χ3v) is 3.77. The van der Waals surface area contributed by atoms with Crippen molar-refractivity contribution in [3.05, 3.63) is 70.8 Å². The van der Waals surface area contributed by atoms with Crippen molar-refractivity contribution in [3.63, 3.8) is 0 Å². The smallest absolute Gasteiger partial charge is 0.267 e. The lowest BCUT2D eigenvalue weighted by atomic mass is 10.0. The minimum atomic E-state index is -0.176. The van der Waals surface area contributed by atoms with Crippen LogP contribution in [-0.4, -0.2) is 11.6 Å². The number of hydrogen-bond acceptors (Lipinski definition) is 2. The Morgan fingerprint density at radius 3 is 2.30 bits per heavy atom. The number of hydrazone groups is 1. The molecule has 0 heterocycles. The molecule has 3 nitrogen and oxygen atoms in total. The highest BCUT2D eigenvalue weighted by atomic mass is 16.2. The summed E-state index contributed by atoms with van der Waals surface area (Å²) in [7, 11) is 0. The molecule has 0 aliphatic rings. The summed E-state index contributed by atoms with van der Waals surface area (Å²) in [4.78, 5) is 12.3. The van der Waals surface area contributed by atoms with Gasteiger partial charge >= 0.3 is 0 Å². The maximum absolute atomic E-state index is 12.3. The van der Waals surface area contributed by atoms with Crippen LogP contribution in [0.4, 0.5) is 0 Å². The fraction of sp³-hybridized carbons (Fsp3) is 0.300. The van der Waals surface area contributed by atoms with E-state index < -0.39 is 0 Å². The molecule has 0 aliphatic carbocycles. The monoisotopic (exact) mass is 308 g/mol. The number of amides is 1. The average molecular weight is 308 g/mol. The van der Waals surface area contributed by atoms with Crippen LogP contribution in [0.25, 0.3) is 0 Å². The first-order valence-corrected chi connectivity index (χ1v) is 7.97. The minimum Gasteiger partial charge on any atom is -0.267 e. The molecule has 0 atom stereocenters. The predicted molar refractivity (Wildman–Crippen MR) is 95.8 cm³/mol. The first-order chi connectivity index (χ1) is 11.0. The molecule has 2 rings (SSSR count). The van der Waals surface area contributed by atoms with Gasteiger partial charge in [-0.05, 0) is 55.0 Å². The summed E-state index contributed by atoms with van der Waals surface area (Å²) in [6.07, 6.45) is 0.817. The lowest BCUT2D eigenvalue weighted by Gasteiger charge is -2.10. The highest BCUT2D eigenvalue weighted by Gasteiger charge is 2.09. The van der Waals surface area contributed by atoms with Crippen LogP contribution in [0.2, 0.25) is 0 Å². The van der Waals surface area contributed by atoms with Crippen molar-refractivity contribution in [1.82, 2.24) is 5.43 Å². The van der Waals surface area contributed by atoms with Gasteiger partial charge in [-0.3, -0.25) is 4.79 Å². The Kier molecular flexibility index (Phi) is 5.69. The second kappa shape index (κ2) is 7.73. The fourth-order valence-electron chi connectivity index (χ4n) is 2.31. The number of nitrogens with one attached hydrogen (secondary N) is 1. The number of carbonyl (C=O) groups is 1. The third-order valence-electron chi connectivity index (χ3n) is 3.77. The molecule has 0 fully saturated rings. The van der Waals surface area contributed by atoms with Crippen LogP contribution in [0, 0.1) is 19.8 Å². The molecule has 2 aromatic carbocycles. The third kappa shape index (κ3) is 4.78. The maximum Gasteiger partial charge on any atom is 0.271 e. The zero-order chi connectivity index (χ0) is 16.8. The zero-order valence-corrected chi connectivity index (χ0v) is 14.3. The quantitative estimate of drug-likeness (QED) is 0.642. The fourth-order valence-corrected chi connectivity index (χ4v) is 2.31. The topological polar surface area (TPSA) is 41.5 Å². The van der Waals surface area contributed by atoms with Gasteiger partial charge in [0.2, 0.25) is 0 Å². The molecule has 23 heavy (non-hydrogen) atoms. The molecule has 0 aliphatic heterocycles. The second-order valence-electron chi connectivity index (χ2n) is 6.26. The molecule has 2 aromatic rings. The van der Waals surface area contributed by atoms with E-state index in [0.29, 0.717) is 11.5 Å². The van der Waals surface area contributed by atoms with Gasteiger partial charge in [-0.2, -0.15) is 5.10 Å². The SMILES string of the molecule is Cc1ccc(C(=O)N/N=C(\CC(C)C)c2ccccc2)cc1C. The molecule has 1 amide bonds. The predicted octanol–water partition coefficient (Wildman–Crippen LogP) is 4.48. The van der Waals surface area contributed by atoms with Gasteiger partial charge < -0.3 is 0 Å². The van der Waals surface area contributed by atoms with E-state index in [2.05, 4.69) is 24.4 Å². The Morgan fingerprint density at radius 2 is 1.70 bits per heavy atom. The second-order valence-corrected chi connectivity index (χ2v) is 6.26. The number of aryl methyl sites for hydroxylation is 2. The number of carbonyl (C=O) groups excluding carboxylic acids is 1. The van der Waals surface area contributed by atoms with Gasteiger partial charge in [-0.1, -0.05) is 50.2 Å². The normalized spacial score (nSPS) is 11.6. The number of benzene rings is 2. The molecule has 0 spiro atoms. The Balaban J connectivity index is 2.19. The summed E-state index contributed by atoms with van der Waals surface area (Å²) in [5.74, 6) is 0.290. The Morgan fingerprint density at radius 1 is 1.00 bits per heavy atom. The molecular weight excluding hydrogens is 284 g/mol. The lowest BCUT2D eigenvalue weighted by Crippen LogP contribution is -2.21. The molecule has 0 aromatic heterocycles.